The third-order valence-corrected chi connectivity index (χ3v) is 5.91. The number of nitrogens with zero attached hydrogens (tertiary/aromatic N) is 1. The highest BCUT2D eigenvalue weighted by Gasteiger charge is 2.64. The standard InChI is InChI=1S/C26H21N3O4/c1-16-12-14-18(15-13-16)29-24(31)23(30)21-22(17-8-4-3-5-9-17)27-19-10-6-7-11-20(19)28-26(21,29)25(32)33-2/h3-15,27-28H,1-2H3/t26-/m0/s1. The molecule has 7 heteroatoms. The molecule has 0 aliphatic carbocycles. The first-order chi connectivity index (χ1) is 16.0. The first kappa shape index (κ1) is 20.5. The number of rotatable bonds is 3. The summed E-state index contributed by atoms with van der Waals surface area (Å²) >= 11 is 0. The minimum absolute atomic E-state index is 0.0117. The summed E-state index contributed by atoms with van der Waals surface area (Å²) in [6.45, 7) is 1.92. The Bertz CT molecular complexity index is 1310. The molecule has 5 rings (SSSR count). The Kier molecular flexibility index (Phi) is 4.74. The molecular weight excluding hydrogens is 418 g/mol. The van der Waals surface area contributed by atoms with Crippen LogP contribution in [0.15, 0.2) is 84.4 Å². The van der Waals surface area contributed by atoms with Crippen molar-refractivity contribution in [1.82, 2.24) is 0 Å². The van der Waals surface area contributed by atoms with Crippen LogP contribution in [0.1, 0.15) is 11.1 Å². The molecule has 0 bridgehead atoms. The summed E-state index contributed by atoms with van der Waals surface area (Å²) < 4.78 is 5.21. The number of aryl methyl sites for hydroxylation is 1. The van der Waals surface area contributed by atoms with Crippen LogP contribution in [0.2, 0.25) is 0 Å². The Labute approximate surface area is 190 Å². The third-order valence-electron chi connectivity index (χ3n) is 5.91. The van der Waals surface area contributed by atoms with Crippen molar-refractivity contribution in [3.05, 3.63) is 95.6 Å². The SMILES string of the molecule is COC(=O)[C@]12Nc3ccccc3NC(c3ccccc3)=C1C(=O)C(=O)N2c1ccc(C)cc1. The molecule has 1 fully saturated rings. The van der Waals surface area contributed by atoms with Crippen molar-refractivity contribution in [2.24, 2.45) is 0 Å². The van der Waals surface area contributed by atoms with E-state index in [4.69, 9.17) is 4.74 Å². The van der Waals surface area contributed by atoms with E-state index in [0.717, 1.165) is 5.56 Å². The molecule has 1 amide bonds. The van der Waals surface area contributed by atoms with Crippen LogP contribution in [-0.4, -0.2) is 30.4 Å². The zero-order valence-electron chi connectivity index (χ0n) is 18.1. The van der Waals surface area contributed by atoms with Crippen molar-refractivity contribution in [2.75, 3.05) is 22.6 Å². The lowest BCUT2D eigenvalue weighted by Gasteiger charge is -2.36. The van der Waals surface area contributed by atoms with E-state index < -0.39 is 23.3 Å². The molecule has 1 saturated heterocycles. The zero-order chi connectivity index (χ0) is 23.2. The van der Waals surface area contributed by atoms with Gasteiger partial charge in [0.1, 0.15) is 0 Å². The highest BCUT2D eigenvalue weighted by molar-refractivity contribution is 6.55. The number of para-hydroxylation sites is 2. The molecule has 2 heterocycles. The summed E-state index contributed by atoms with van der Waals surface area (Å²) in [6, 6.07) is 23.5. The number of carbonyl (C=O) groups excluding carboxylic acids is 3. The van der Waals surface area contributed by atoms with E-state index in [-0.39, 0.29) is 5.57 Å². The number of nitrogens with one attached hydrogen (secondary N) is 2. The van der Waals surface area contributed by atoms with Crippen molar-refractivity contribution >= 4 is 40.4 Å². The van der Waals surface area contributed by atoms with Crippen LogP contribution in [0.5, 0.6) is 0 Å². The van der Waals surface area contributed by atoms with Crippen LogP contribution in [0.4, 0.5) is 17.1 Å². The highest BCUT2D eigenvalue weighted by atomic mass is 16.5. The summed E-state index contributed by atoms with van der Waals surface area (Å²) in [5.74, 6) is -2.38. The van der Waals surface area contributed by atoms with Gasteiger partial charge in [0.25, 0.3) is 11.4 Å². The van der Waals surface area contributed by atoms with E-state index >= 15 is 0 Å². The number of ketones is 1. The van der Waals surface area contributed by atoms with Gasteiger partial charge in [0.05, 0.1) is 29.8 Å². The second-order valence-corrected chi connectivity index (χ2v) is 7.92. The Morgan fingerprint density at radius 3 is 2.18 bits per heavy atom. The van der Waals surface area contributed by atoms with Crippen LogP contribution in [0.3, 0.4) is 0 Å². The van der Waals surface area contributed by atoms with Crippen LogP contribution in [0.25, 0.3) is 5.70 Å². The monoisotopic (exact) mass is 439 g/mol. The van der Waals surface area contributed by atoms with E-state index in [2.05, 4.69) is 10.6 Å². The summed E-state index contributed by atoms with van der Waals surface area (Å²) in [6.07, 6.45) is 0. The fourth-order valence-corrected chi connectivity index (χ4v) is 4.36. The smallest absolute Gasteiger partial charge is 0.358 e. The van der Waals surface area contributed by atoms with Crippen LogP contribution >= 0.6 is 0 Å². The Hall–Kier alpha value is -4.39. The molecular formula is C26H21N3O4. The summed E-state index contributed by atoms with van der Waals surface area (Å²) in [5.41, 5.74) is 1.70. The molecule has 33 heavy (non-hydrogen) atoms. The molecule has 2 aliphatic heterocycles. The van der Waals surface area contributed by atoms with Gasteiger partial charge in [0.15, 0.2) is 0 Å². The molecule has 3 aromatic rings. The minimum Gasteiger partial charge on any atom is -0.466 e. The fourth-order valence-electron chi connectivity index (χ4n) is 4.36. The molecule has 2 N–H and O–H groups in total. The van der Waals surface area contributed by atoms with Gasteiger partial charge in [-0.15, -0.1) is 0 Å². The zero-order valence-corrected chi connectivity index (χ0v) is 18.1. The summed E-state index contributed by atoms with van der Waals surface area (Å²) in [7, 11) is 1.24. The predicted octanol–water partition coefficient (Wildman–Crippen LogP) is 3.73. The quantitative estimate of drug-likeness (QED) is 0.478. The van der Waals surface area contributed by atoms with E-state index in [9.17, 15) is 14.4 Å². The molecule has 3 aromatic carbocycles. The first-order valence-corrected chi connectivity index (χ1v) is 10.5. The normalized spacial score (nSPS) is 19.3. The van der Waals surface area contributed by atoms with Gasteiger partial charge in [-0.1, -0.05) is 60.2 Å². The molecule has 0 saturated carbocycles. The number of anilines is 3. The van der Waals surface area contributed by atoms with Crippen LogP contribution < -0.4 is 15.5 Å². The van der Waals surface area contributed by atoms with E-state index in [0.29, 0.717) is 28.3 Å². The number of ether oxygens (including phenoxy) is 1. The summed E-state index contributed by atoms with van der Waals surface area (Å²) in [5, 5.41) is 6.49. The average Bonchev–Trinajstić information content (AvgIpc) is 2.96. The molecule has 1 atom stereocenters. The third kappa shape index (κ3) is 3.01. The number of methoxy groups -OCH3 is 1. The topological polar surface area (TPSA) is 87.7 Å². The molecule has 0 unspecified atom stereocenters. The minimum atomic E-state index is -1.90. The van der Waals surface area contributed by atoms with Crippen molar-refractivity contribution in [3.8, 4) is 0 Å². The largest absolute Gasteiger partial charge is 0.466 e. The molecule has 0 spiro atoms. The fraction of sp³-hybridized carbons (Fsp3) is 0.115. The summed E-state index contributed by atoms with van der Waals surface area (Å²) in [4.78, 5) is 41.8. The van der Waals surface area contributed by atoms with Gasteiger partial charge >= 0.3 is 11.9 Å². The van der Waals surface area contributed by atoms with Gasteiger partial charge in [-0.3, -0.25) is 14.5 Å². The van der Waals surface area contributed by atoms with Crippen molar-refractivity contribution < 1.29 is 19.1 Å². The number of carbonyl (C=O) groups is 3. The van der Waals surface area contributed by atoms with Gasteiger partial charge < -0.3 is 15.4 Å². The molecule has 7 nitrogen and oxygen atoms in total. The van der Waals surface area contributed by atoms with E-state index in [1.807, 2.05) is 61.5 Å². The van der Waals surface area contributed by atoms with Gasteiger partial charge in [0.2, 0.25) is 0 Å². The number of amides is 1. The number of hydrogen-bond donors (Lipinski definition) is 2. The number of esters is 1. The van der Waals surface area contributed by atoms with E-state index in [1.165, 1.54) is 12.0 Å². The predicted molar refractivity (Wildman–Crippen MR) is 125 cm³/mol. The van der Waals surface area contributed by atoms with Gasteiger partial charge in [-0.2, -0.15) is 0 Å². The van der Waals surface area contributed by atoms with Crippen molar-refractivity contribution in [1.29, 1.82) is 0 Å². The second kappa shape index (κ2) is 7.63. The lowest BCUT2D eigenvalue weighted by atomic mass is 9.93. The van der Waals surface area contributed by atoms with Gasteiger partial charge in [-0.05, 0) is 36.8 Å². The maximum absolute atomic E-state index is 13.6. The van der Waals surface area contributed by atoms with Crippen molar-refractivity contribution in [3.63, 3.8) is 0 Å². The number of Topliss-reactive ketones (excluding diaryl/α,β-unsaturated/α-hetero) is 1. The van der Waals surface area contributed by atoms with Crippen molar-refractivity contribution in [2.45, 2.75) is 12.6 Å². The number of fused-ring (bicyclic) bond motifs is 2. The van der Waals surface area contributed by atoms with E-state index in [1.54, 1.807) is 24.3 Å². The molecule has 2 aliphatic rings. The average molecular weight is 439 g/mol. The second-order valence-electron chi connectivity index (χ2n) is 7.92. The van der Waals surface area contributed by atoms with Crippen LogP contribution in [-0.2, 0) is 19.1 Å². The van der Waals surface area contributed by atoms with Gasteiger partial charge in [0, 0.05) is 5.69 Å². The maximum Gasteiger partial charge on any atom is 0.358 e. The number of hydrogen-bond acceptors (Lipinski definition) is 6. The Morgan fingerprint density at radius 2 is 1.52 bits per heavy atom. The Balaban J connectivity index is 1.88. The molecule has 164 valence electrons. The lowest BCUT2D eigenvalue weighted by molar-refractivity contribution is -0.145. The Morgan fingerprint density at radius 1 is 0.879 bits per heavy atom. The number of benzene rings is 3. The molecule has 0 radical (unpaired) electrons. The van der Waals surface area contributed by atoms with Gasteiger partial charge in [-0.25, -0.2) is 4.79 Å². The van der Waals surface area contributed by atoms with Crippen LogP contribution in [0, 0.1) is 6.92 Å². The first-order valence-electron chi connectivity index (χ1n) is 10.5. The lowest BCUT2D eigenvalue weighted by Crippen LogP contribution is -2.59. The highest BCUT2D eigenvalue weighted by Crippen LogP contribution is 2.46. The maximum atomic E-state index is 13.6. The molecule has 0 aromatic heterocycles.